The lowest BCUT2D eigenvalue weighted by Crippen LogP contribution is -2.27. The molecule has 0 spiro atoms. The normalized spacial score (nSPS) is 15.7. The van der Waals surface area contributed by atoms with Gasteiger partial charge in [-0.3, -0.25) is 4.79 Å². The molecule has 6 rings (SSSR count). The number of carbonyl (C=O) groups excluding carboxylic acids is 1. The third-order valence-corrected chi connectivity index (χ3v) is 9.71. The molecule has 0 N–H and O–H groups in total. The van der Waals surface area contributed by atoms with Crippen molar-refractivity contribution in [3.05, 3.63) is 115 Å². The van der Waals surface area contributed by atoms with Crippen LogP contribution in [0.25, 0.3) is 11.1 Å². The molecule has 0 saturated heterocycles. The second kappa shape index (κ2) is 13.6. The first-order valence-electron chi connectivity index (χ1n) is 14.7. The van der Waals surface area contributed by atoms with Gasteiger partial charge in [-0.2, -0.15) is 13.5 Å². The lowest BCUT2D eigenvalue weighted by atomic mass is 9.93. The minimum Gasteiger partial charge on any atom is -0.619 e. The monoisotopic (exact) mass is 725 g/mol. The van der Waals surface area contributed by atoms with Gasteiger partial charge in [0.15, 0.2) is 23.9 Å². The number of halogens is 7. The molecule has 2 saturated carbocycles. The molecule has 0 bridgehead atoms. The van der Waals surface area contributed by atoms with Crippen LogP contribution in [0.1, 0.15) is 48.5 Å². The predicted octanol–water partition coefficient (Wildman–Crippen LogP) is 9.69. The number of nitrogens with zero attached hydrogens (tertiary/aromatic N) is 1. The fraction of sp³-hybridized carbons (Fsp3) is 0.294. The molecule has 246 valence electrons. The number of carbonyl (C=O) groups is 1. The van der Waals surface area contributed by atoms with Crippen molar-refractivity contribution in [2.75, 3.05) is 6.61 Å². The van der Waals surface area contributed by atoms with Crippen LogP contribution in [0.4, 0.5) is 13.2 Å². The van der Waals surface area contributed by atoms with Gasteiger partial charge in [0.25, 0.3) is 0 Å². The van der Waals surface area contributed by atoms with Crippen molar-refractivity contribution in [1.82, 2.24) is 0 Å². The van der Waals surface area contributed by atoms with Gasteiger partial charge in [-0.15, -0.1) is 0 Å². The molecule has 2 aliphatic carbocycles. The van der Waals surface area contributed by atoms with Crippen molar-refractivity contribution < 1.29 is 36.9 Å². The third kappa shape index (κ3) is 7.54. The van der Waals surface area contributed by atoms with Crippen molar-refractivity contribution in [2.24, 2.45) is 5.92 Å². The van der Waals surface area contributed by atoms with Crippen LogP contribution in [0.2, 0.25) is 20.1 Å². The van der Waals surface area contributed by atoms with Crippen molar-refractivity contribution in [3.63, 3.8) is 0 Å². The Morgan fingerprint density at radius 3 is 2.26 bits per heavy atom. The van der Waals surface area contributed by atoms with Crippen molar-refractivity contribution in [1.29, 1.82) is 0 Å². The highest BCUT2D eigenvalue weighted by molar-refractivity contribution is 6.42. The number of alkyl halides is 2. The summed E-state index contributed by atoms with van der Waals surface area (Å²) < 4.78 is 58.9. The highest BCUT2D eigenvalue weighted by atomic mass is 35.5. The van der Waals surface area contributed by atoms with Crippen LogP contribution >= 0.6 is 46.4 Å². The number of pyridine rings is 1. The highest BCUT2D eigenvalue weighted by Gasteiger charge is 2.53. The summed E-state index contributed by atoms with van der Waals surface area (Å²) in [4.78, 5) is 13.9. The minimum absolute atomic E-state index is 0.0394. The van der Waals surface area contributed by atoms with E-state index in [4.69, 9.17) is 55.9 Å². The quantitative estimate of drug-likeness (QED) is 0.0826. The first kappa shape index (κ1) is 33.5. The summed E-state index contributed by atoms with van der Waals surface area (Å²) >= 11 is 24.9. The van der Waals surface area contributed by atoms with Crippen LogP contribution in [0.15, 0.2) is 67.0 Å². The standard InChI is InChI=1S/C34H26Cl4F3NO5/c35-24-7-3-19(11-25(24)36)22-6-5-21(13-28(22)39)34(9-10-34)32(43)46-30(14-23-26(37)15-42(44)16-27(23)38)20-4-8-29(47-33(40)41)31(12-20)45-17-18-1-2-18/h3-8,11-13,15-16,18,30,33H,1-2,9-10,14,17H2. The van der Waals surface area contributed by atoms with E-state index in [1.807, 2.05) is 0 Å². The van der Waals surface area contributed by atoms with E-state index in [0.29, 0.717) is 57.4 Å². The Kier molecular flexibility index (Phi) is 9.72. The second-order valence-electron chi connectivity index (χ2n) is 11.6. The first-order valence-corrected chi connectivity index (χ1v) is 16.2. The Morgan fingerprint density at radius 1 is 0.915 bits per heavy atom. The largest absolute Gasteiger partial charge is 0.619 e. The molecule has 6 nitrogen and oxygen atoms in total. The van der Waals surface area contributed by atoms with Crippen LogP contribution in [-0.4, -0.2) is 19.2 Å². The van der Waals surface area contributed by atoms with Gasteiger partial charge in [0, 0.05) is 17.5 Å². The molecule has 1 aromatic heterocycles. The molecule has 1 atom stereocenters. The zero-order chi connectivity index (χ0) is 33.5. The number of hydrogen-bond acceptors (Lipinski definition) is 5. The van der Waals surface area contributed by atoms with Gasteiger partial charge < -0.3 is 19.4 Å². The topological polar surface area (TPSA) is 71.7 Å². The fourth-order valence-corrected chi connectivity index (χ4v) is 6.25. The molecule has 1 heterocycles. The van der Waals surface area contributed by atoms with Crippen LogP contribution < -0.4 is 14.2 Å². The summed E-state index contributed by atoms with van der Waals surface area (Å²) in [6.07, 6.45) is 3.86. The van der Waals surface area contributed by atoms with Crippen molar-refractivity contribution >= 4 is 52.4 Å². The SMILES string of the molecule is O=C(OC(Cc1c(Cl)c[n+]([O-])cc1Cl)c1ccc(OC(F)F)c(OCC2CC2)c1)C1(c2ccc(-c3ccc(Cl)c(Cl)c3)c(F)c2)CC1. The predicted molar refractivity (Wildman–Crippen MR) is 172 cm³/mol. The number of ether oxygens (including phenoxy) is 3. The highest BCUT2D eigenvalue weighted by Crippen LogP contribution is 2.51. The number of benzene rings is 3. The van der Waals surface area contributed by atoms with Gasteiger partial charge >= 0.3 is 12.6 Å². The molecule has 0 amide bonds. The average Bonchev–Trinajstić information content (AvgIpc) is 3.94. The van der Waals surface area contributed by atoms with E-state index in [0.717, 1.165) is 25.2 Å². The smallest absolute Gasteiger partial charge is 0.387 e. The van der Waals surface area contributed by atoms with Crippen molar-refractivity contribution in [3.8, 4) is 22.6 Å². The third-order valence-electron chi connectivity index (χ3n) is 8.32. The van der Waals surface area contributed by atoms with E-state index in [2.05, 4.69) is 4.74 Å². The Bertz CT molecular complexity index is 1810. The zero-order valence-corrected chi connectivity index (χ0v) is 27.5. The Hall–Kier alpha value is -3.37. The molecule has 2 fully saturated rings. The van der Waals surface area contributed by atoms with Gasteiger partial charge in [0.1, 0.15) is 22.0 Å². The van der Waals surface area contributed by atoms with E-state index in [-0.39, 0.29) is 38.6 Å². The molecule has 3 aromatic carbocycles. The fourth-order valence-electron chi connectivity index (χ4n) is 5.35. The van der Waals surface area contributed by atoms with Gasteiger partial charge in [0.2, 0.25) is 0 Å². The number of hydrogen-bond donors (Lipinski definition) is 0. The van der Waals surface area contributed by atoms with E-state index in [9.17, 15) is 18.8 Å². The summed E-state index contributed by atoms with van der Waals surface area (Å²) in [5.74, 6) is -0.990. The molecule has 1 unspecified atom stereocenters. The van der Waals surface area contributed by atoms with Gasteiger partial charge in [0.05, 0.1) is 22.1 Å². The molecule has 0 radical (unpaired) electrons. The van der Waals surface area contributed by atoms with Crippen LogP contribution in [0.3, 0.4) is 0 Å². The maximum absolute atomic E-state index is 15.5. The Morgan fingerprint density at radius 2 is 1.64 bits per heavy atom. The summed E-state index contributed by atoms with van der Waals surface area (Å²) in [6, 6.07) is 13.6. The zero-order valence-electron chi connectivity index (χ0n) is 24.5. The summed E-state index contributed by atoms with van der Waals surface area (Å²) in [7, 11) is 0. The molecule has 0 aliphatic heterocycles. The minimum atomic E-state index is -3.09. The van der Waals surface area contributed by atoms with Crippen molar-refractivity contribution in [2.45, 2.75) is 50.2 Å². The van der Waals surface area contributed by atoms with Crippen LogP contribution in [0, 0.1) is 16.9 Å². The van der Waals surface area contributed by atoms with E-state index in [1.54, 1.807) is 30.3 Å². The summed E-state index contributed by atoms with van der Waals surface area (Å²) in [6.45, 7) is -2.78. The lowest BCUT2D eigenvalue weighted by Gasteiger charge is -2.24. The lowest BCUT2D eigenvalue weighted by molar-refractivity contribution is -0.605. The average molecular weight is 727 g/mol. The number of rotatable bonds is 12. The van der Waals surface area contributed by atoms with Crippen LogP contribution in [-0.2, 0) is 21.4 Å². The molecule has 47 heavy (non-hydrogen) atoms. The first-order chi connectivity index (χ1) is 22.4. The molecular formula is C34H26Cl4F3NO5. The molecule has 4 aromatic rings. The number of esters is 1. The second-order valence-corrected chi connectivity index (χ2v) is 13.3. The Labute approximate surface area is 288 Å². The van der Waals surface area contributed by atoms with E-state index < -0.39 is 29.9 Å². The maximum Gasteiger partial charge on any atom is 0.387 e. The van der Waals surface area contributed by atoms with Gasteiger partial charge in [-0.05, 0) is 78.6 Å². The van der Waals surface area contributed by atoms with Gasteiger partial charge in [-0.25, -0.2) is 4.39 Å². The maximum atomic E-state index is 15.5. The molecular weight excluding hydrogens is 701 g/mol. The molecule has 2 aliphatic rings. The summed E-state index contributed by atoms with van der Waals surface area (Å²) in [5, 5.41) is 12.6. The van der Waals surface area contributed by atoms with E-state index >= 15 is 4.39 Å². The summed E-state index contributed by atoms with van der Waals surface area (Å²) in [5.41, 5.74) is 0.817. The Balaban J connectivity index is 1.32. The van der Waals surface area contributed by atoms with Gasteiger partial charge in [-0.1, -0.05) is 70.7 Å². The van der Waals surface area contributed by atoms with Crippen LogP contribution in [0.5, 0.6) is 11.5 Å². The van der Waals surface area contributed by atoms with E-state index in [1.165, 1.54) is 24.3 Å². The number of aromatic nitrogens is 1. The molecule has 13 heteroatoms.